The monoisotopic (exact) mass is 257 g/mol. The zero-order valence-electron chi connectivity index (χ0n) is 11.3. The standard InChI is InChI=1S/C13H24ClN3/c1-5-17-13(7-11(4)16-17)9-15-12(8-14)6-10(2)3/h7,10,12,15H,5-6,8-9H2,1-4H3. The van der Waals surface area contributed by atoms with Crippen LogP contribution in [0.5, 0.6) is 0 Å². The first kappa shape index (κ1) is 14.5. The summed E-state index contributed by atoms with van der Waals surface area (Å²) in [7, 11) is 0. The fourth-order valence-electron chi connectivity index (χ4n) is 2.03. The van der Waals surface area contributed by atoms with Crippen molar-refractivity contribution in [2.45, 2.75) is 53.2 Å². The van der Waals surface area contributed by atoms with E-state index in [1.165, 1.54) is 5.69 Å². The van der Waals surface area contributed by atoms with Gasteiger partial charge in [0.2, 0.25) is 0 Å². The molecule has 98 valence electrons. The Bertz CT molecular complexity index is 333. The first-order valence-electron chi connectivity index (χ1n) is 6.39. The fourth-order valence-corrected chi connectivity index (χ4v) is 2.27. The van der Waals surface area contributed by atoms with Crippen molar-refractivity contribution < 1.29 is 0 Å². The summed E-state index contributed by atoms with van der Waals surface area (Å²) >= 11 is 5.97. The Morgan fingerprint density at radius 1 is 1.47 bits per heavy atom. The molecule has 0 spiro atoms. The van der Waals surface area contributed by atoms with Crippen LogP contribution in [-0.2, 0) is 13.1 Å². The predicted octanol–water partition coefficient (Wildman–Crippen LogP) is 2.95. The summed E-state index contributed by atoms with van der Waals surface area (Å²) in [4.78, 5) is 0. The van der Waals surface area contributed by atoms with E-state index in [2.05, 4.69) is 37.3 Å². The summed E-state index contributed by atoms with van der Waals surface area (Å²) in [6.45, 7) is 10.4. The summed E-state index contributed by atoms with van der Waals surface area (Å²) in [6, 6.07) is 2.52. The molecule has 1 N–H and O–H groups in total. The fraction of sp³-hybridized carbons (Fsp3) is 0.769. The second kappa shape index (κ2) is 7.02. The second-order valence-corrected chi connectivity index (χ2v) is 5.26. The van der Waals surface area contributed by atoms with Gasteiger partial charge in [0.1, 0.15) is 0 Å². The molecular weight excluding hydrogens is 234 g/mol. The average Bonchev–Trinajstić information content (AvgIpc) is 2.64. The number of alkyl halides is 1. The minimum atomic E-state index is 0.386. The van der Waals surface area contributed by atoms with Crippen molar-refractivity contribution in [3.05, 3.63) is 17.5 Å². The van der Waals surface area contributed by atoms with Crippen LogP contribution in [0, 0.1) is 12.8 Å². The predicted molar refractivity (Wildman–Crippen MR) is 73.4 cm³/mol. The van der Waals surface area contributed by atoms with Crippen molar-refractivity contribution in [2.24, 2.45) is 5.92 Å². The van der Waals surface area contributed by atoms with Gasteiger partial charge >= 0.3 is 0 Å². The van der Waals surface area contributed by atoms with Gasteiger partial charge in [-0.15, -0.1) is 11.6 Å². The molecule has 0 fully saturated rings. The van der Waals surface area contributed by atoms with E-state index in [1.54, 1.807) is 0 Å². The SMILES string of the molecule is CCn1nc(C)cc1CNC(CCl)CC(C)C. The van der Waals surface area contributed by atoms with Gasteiger partial charge in [-0.2, -0.15) is 5.10 Å². The molecule has 0 aromatic carbocycles. The van der Waals surface area contributed by atoms with Gasteiger partial charge in [0.25, 0.3) is 0 Å². The van der Waals surface area contributed by atoms with Gasteiger partial charge in [0, 0.05) is 25.0 Å². The van der Waals surface area contributed by atoms with Crippen molar-refractivity contribution in [3.63, 3.8) is 0 Å². The normalized spacial score (nSPS) is 13.3. The number of rotatable bonds is 7. The number of halogens is 1. The van der Waals surface area contributed by atoms with Crippen molar-refractivity contribution in [2.75, 3.05) is 5.88 Å². The van der Waals surface area contributed by atoms with E-state index in [9.17, 15) is 0 Å². The molecule has 3 nitrogen and oxygen atoms in total. The first-order valence-corrected chi connectivity index (χ1v) is 6.92. The molecule has 0 radical (unpaired) electrons. The lowest BCUT2D eigenvalue weighted by Crippen LogP contribution is -2.32. The van der Waals surface area contributed by atoms with Crippen LogP contribution in [0.3, 0.4) is 0 Å². The number of nitrogens with zero attached hydrogens (tertiary/aromatic N) is 2. The molecule has 0 aliphatic rings. The van der Waals surface area contributed by atoms with Crippen LogP contribution < -0.4 is 5.32 Å². The zero-order valence-corrected chi connectivity index (χ0v) is 12.1. The molecule has 1 atom stereocenters. The Hall–Kier alpha value is -0.540. The van der Waals surface area contributed by atoms with E-state index >= 15 is 0 Å². The molecule has 1 aromatic heterocycles. The van der Waals surface area contributed by atoms with Crippen molar-refractivity contribution >= 4 is 11.6 Å². The van der Waals surface area contributed by atoms with Crippen LogP contribution in [0.15, 0.2) is 6.07 Å². The summed E-state index contributed by atoms with van der Waals surface area (Å²) in [5, 5.41) is 7.95. The Kier molecular flexibility index (Phi) is 6.00. The lowest BCUT2D eigenvalue weighted by Gasteiger charge is -2.18. The van der Waals surface area contributed by atoms with Crippen molar-refractivity contribution in [1.82, 2.24) is 15.1 Å². The van der Waals surface area contributed by atoms with Gasteiger partial charge in [0.05, 0.1) is 11.4 Å². The lowest BCUT2D eigenvalue weighted by molar-refractivity contribution is 0.436. The molecule has 4 heteroatoms. The third-order valence-corrected chi connectivity index (χ3v) is 3.17. The molecule has 0 saturated heterocycles. The number of aryl methyl sites for hydroxylation is 2. The van der Waals surface area contributed by atoms with Gasteiger partial charge in [0.15, 0.2) is 0 Å². The maximum absolute atomic E-state index is 5.97. The molecule has 0 aliphatic carbocycles. The molecule has 1 heterocycles. The molecule has 17 heavy (non-hydrogen) atoms. The van der Waals surface area contributed by atoms with Gasteiger partial charge in [-0.25, -0.2) is 0 Å². The molecule has 1 unspecified atom stereocenters. The van der Waals surface area contributed by atoms with Crippen LogP contribution in [0.25, 0.3) is 0 Å². The van der Waals surface area contributed by atoms with Crippen LogP contribution in [-0.4, -0.2) is 21.7 Å². The first-order chi connectivity index (χ1) is 8.06. The van der Waals surface area contributed by atoms with Crippen molar-refractivity contribution in [3.8, 4) is 0 Å². The van der Waals surface area contributed by atoms with Gasteiger partial charge < -0.3 is 5.32 Å². The number of aromatic nitrogens is 2. The molecule has 1 aromatic rings. The quantitative estimate of drug-likeness (QED) is 0.762. The lowest BCUT2D eigenvalue weighted by atomic mass is 10.1. The van der Waals surface area contributed by atoms with E-state index in [-0.39, 0.29) is 0 Å². The second-order valence-electron chi connectivity index (χ2n) is 4.95. The summed E-state index contributed by atoms with van der Waals surface area (Å²) < 4.78 is 2.04. The Morgan fingerprint density at radius 2 is 2.18 bits per heavy atom. The molecule has 1 rings (SSSR count). The molecule has 0 aliphatic heterocycles. The highest BCUT2D eigenvalue weighted by Gasteiger charge is 2.11. The highest BCUT2D eigenvalue weighted by molar-refractivity contribution is 6.18. The van der Waals surface area contributed by atoms with E-state index in [0.717, 1.165) is 25.2 Å². The molecule has 0 amide bonds. The highest BCUT2D eigenvalue weighted by Crippen LogP contribution is 2.09. The minimum absolute atomic E-state index is 0.386. The summed E-state index contributed by atoms with van der Waals surface area (Å²) in [5.41, 5.74) is 2.32. The largest absolute Gasteiger partial charge is 0.307 e. The van der Waals surface area contributed by atoms with Gasteiger partial charge in [-0.05, 0) is 32.3 Å². The van der Waals surface area contributed by atoms with Crippen molar-refractivity contribution in [1.29, 1.82) is 0 Å². The molecular formula is C13H24ClN3. The van der Waals surface area contributed by atoms with E-state index in [0.29, 0.717) is 17.8 Å². The molecule has 0 saturated carbocycles. The van der Waals surface area contributed by atoms with E-state index in [4.69, 9.17) is 11.6 Å². The third kappa shape index (κ3) is 4.68. The maximum Gasteiger partial charge on any atom is 0.0597 e. The van der Waals surface area contributed by atoms with Gasteiger partial charge in [-0.3, -0.25) is 4.68 Å². The van der Waals surface area contributed by atoms with Crippen LogP contribution in [0.2, 0.25) is 0 Å². The maximum atomic E-state index is 5.97. The van der Waals surface area contributed by atoms with Crippen LogP contribution >= 0.6 is 11.6 Å². The number of hydrogen-bond donors (Lipinski definition) is 1. The number of hydrogen-bond acceptors (Lipinski definition) is 2. The van der Waals surface area contributed by atoms with E-state index < -0.39 is 0 Å². The summed E-state index contributed by atoms with van der Waals surface area (Å²) in [6.07, 6.45) is 1.11. The highest BCUT2D eigenvalue weighted by atomic mass is 35.5. The average molecular weight is 258 g/mol. The molecule has 0 bridgehead atoms. The Morgan fingerprint density at radius 3 is 2.71 bits per heavy atom. The van der Waals surface area contributed by atoms with E-state index in [1.807, 2.05) is 11.6 Å². The summed E-state index contributed by atoms with van der Waals surface area (Å²) in [5.74, 6) is 1.33. The van der Waals surface area contributed by atoms with Crippen LogP contribution in [0.1, 0.15) is 38.6 Å². The van der Waals surface area contributed by atoms with Crippen LogP contribution in [0.4, 0.5) is 0 Å². The zero-order chi connectivity index (χ0) is 12.8. The van der Waals surface area contributed by atoms with Gasteiger partial charge in [-0.1, -0.05) is 13.8 Å². The Labute approximate surface area is 110 Å². The third-order valence-electron chi connectivity index (χ3n) is 2.80. The number of nitrogens with one attached hydrogen (secondary N) is 1. The topological polar surface area (TPSA) is 29.9 Å². The minimum Gasteiger partial charge on any atom is -0.307 e. The smallest absolute Gasteiger partial charge is 0.0597 e. The Balaban J connectivity index is 2.52.